The second-order valence-electron chi connectivity index (χ2n) is 11.4. The smallest absolute Gasteiger partial charge is 0.410 e. The Morgan fingerprint density at radius 2 is 1.85 bits per heavy atom. The first-order valence-electron chi connectivity index (χ1n) is 16.4. The fourth-order valence-electron chi connectivity index (χ4n) is 4.71. The van der Waals surface area contributed by atoms with E-state index in [1.807, 2.05) is 85.9 Å². The topological polar surface area (TPSA) is 70.9 Å². The van der Waals surface area contributed by atoms with E-state index in [1.165, 1.54) is 12.0 Å². The van der Waals surface area contributed by atoms with Gasteiger partial charge < -0.3 is 14.5 Å². The Hall–Kier alpha value is -3.63. The van der Waals surface area contributed by atoms with E-state index in [2.05, 4.69) is 65.1 Å². The van der Waals surface area contributed by atoms with Crippen molar-refractivity contribution in [1.82, 2.24) is 14.9 Å². The lowest BCUT2D eigenvalue weighted by Gasteiger charge is -2.41. The zero-order chi connectivity index (χ0) is 35.3. The molecule has 8 heteroatoms. The highest BCUT2D eigenvalue weighted by atomic mass is 35.5. The molecule has 1 aromatic heterocycles. The van der Waals surface area contributed by atoms with Crippen LogP contribution in [0.15, 0.2) is 53.9 Å². The number of carbonyl (C=O) groups excluding carboxylic acids is 1. The van der Waals surface area contributed by atoms with Crippen LogP contribution in [-0.4, -0.2) is 57.9 Å². The first-order valence-corrected chi connectivity index (χ1v) is 16.8. The third-order valence-corrected chi connectivity index (χ3v) is 6.81. The molecule has 1 fully saturated rings. The molecule has 254 valence electrons. The summed E-state index contributed by atoms with van der Waals surface area (Å²) in [5.74, 6) is 3.14. The Kier molecular flexibility index (Phi) is 21.0. The summed E-state index contributed by atoms with van der Waals surface area (Å²) >= 11 is 5.78. The van der Waals surface area contributed by atoms with Gasteiger partial charge in [0.1, 0.15) is 17.7 Å². The lowest BCUT2D eigenvalue weighted by molar-refractivity contribution is 0.0218. The molecule has 1 aromatic carbocycles. The van der Waals surface area contributed by atoms with Gasteiger partial charge in [-0.3, -0.25) is 4.99 Å². The van der Waals surface area contributed by atoms with Gasteiger partial charge in [0.2, 0.25) is 0 Å². The average molecular weight is 652 g/mol. The highest BCUT2D eigenvalue weighted by Crippen LogP contribution is 2.32. The van der Waals surface area contributed by atoms with E-state index < -0.39 is 5.60 Å². The maximum absolute atomic E-state index is 12.5. The van der Waals surface area contributed by atoms with Gasteiger partial charge in [-0.25, -0.2) is 14.8 Å². The van der Waals surface area contributed by atoms with Crippen molar-refractivity contribution < 1.29 is 9.53 Å². The van der Waals surface area contributed by atoms with Crippen LogP contribution in [0, 0.1) is 19.3 Å². The molecule has 0 N–H and O–H groups in total. The van der Waals surface area contributed by atoms with Crippen LogP contribution >= 0.6 is 11.6 Å². The Morgan fingerprint density at radius 3 is 2.35 bits per heavy atom. The minimum Gasteiger partial charge on any atom is -0.444 e. The van der Waals surface area contributed by atoms with Crippen molar-refractivity contribution >= 4 is 34.8 Å². The van der Waals surface area contributed by atoms with E-state index >= 15 is 0 Å². The molecule has 46 heavy (non-hydrogen) atoms. The Morgan fingerprint density at radius 1 is 1.20 bits per heavy atom. The minimum atomic E-state index is -0.502. The summed E-state index contributed by atoms with van der Waals surface area (Å²) in [7, 11) is 0. The van der Waals surface area contributed by atoms with Crippen molar-refractivity contribution in [3.8, 4) is 12.3 Å². The Bertz CT molecular complexity index is 1320. The molecule has 1 atom stereocenters. The largest absolute Gasteiger partial charge is 0.444 e. The number of aryl methyl sites for hydroxylation is 2. The number of amides is 1. The van der Waals surface area contributed by atoms with Crippen molar-refractivity contribution in [2.24, 2.45) is 4.99 Å². The van der Waals surface area contributed by atoms with Crippen LogP contribution < -0.4 is 4.90 Å². The van der Waals surface area contributed by atoms with E-state index in [9.17, 15) is 4.79 Å². The van der Waals surface area contributed by atoms with Crippen molar-refractivity contribution in [2.75, 3.05) is 24.5 Å². The predicted molar refractivity (Wildman–Crippen MR) is 199 cm³/mol. The van der Waals surface area contributed by atoms with Gasteiger partial charge in [-0.05, 0) is 85.9 Å². The number of aromatic nitrogens is 2. The van der Waals surface area contributed by atoms with Gasteiger partial charge in [0, 0.05) is 53.7 Å². The fraction of sp³-hybridized carbons (Fsp3) is 0.526. The second-order valence-corrected chi connectivity index (χ2v) is 11.8. The minimum absolute atomic E-state index is 0.0879. The zero-order valence-electron chi connectivity index (χ0n) is 30.4. The third kappa shape index (κ3) is 14.6. The normalized spacial score (nSPS) is 15.0. The van der Waals surface area contributed by atoms with Gasteiger partial charge in [0.25, 0.3) is 0 Å². The molecular formula is C38H58ClN5O2. The molecule has 0 radical (unpaired) electrons. The molecule has 1 amide bonds. The molecule has 2 aromatic rings. The zero-order valence-corrected chi connectivity index (χ0v) is 31.2. The number of hydrogen-bond acceptors (Lipinski definition) is 6. The van der Waals surface area contributed by atoms with Crippen LogP contribution in [0.1, 0.15) is 106 Å². The maximum Gasteiger partial charge on any atom is 0.410 e. The molecule has 1 aliphatic rings. The first kappa shape index (κ1) is 42.4. The highest BCUT2D eigenvalue weighted by Gasteiger charge is 2.32. The van der Waals surface area contributed by atoms with Crippen molar-refractivity contribution in [1.29, 1.82) is 0 Å². The summed E-state index contributed by atoms with van der Waals surface area (Å²) in [4.78, 5) is 30.4. The lowest BCUT2D eigenvalue weighted by Crippen LogP contribution is -2.55. The molecule has 2 heterocycles. The monoisotopic (exact) mass is 651 g/mol. The number of anilines is 1. The van der Waals surface area contributed by atoms with Crippen molar-refractivity contribution in [3.63, 3.8) is 0 Å². The van der Waals surface area contributed by atoms with Gasteiger partial charge in [-0.1, -0.05) is 70.0 Å². The number of hydrogen-bond donors (Lipinski definition) is 0. The van der Waals surface area contributed by atoms with Gasteiger partial charge in [-0.15, -0.1) is 12.3 Å². The Balaban J connectivity index is 0.00000112. The van der Waals surface area contributed by atoms with Crippen molar-refractivity contribution in [3.05, 3.63) is 70.8 Å². The standard InChI is InChI=1S/C24H37N5O2.C9H11Cl.C3H4.C2H6/c1-9-12-25-20(11-3)19(10-2)21-18(5)26-16-27-22(21)29-14-13-28(15-17(29)4)23(30)31-24(6,7)8;1-2-4-8-5-3-6-9(10)7-8;1-3-2;1-2/h9-10,12,16-17H,11,13-15H2,1-8H3;3,5-7H,2,4H2,1H3;1H,2H3;1-2H3/b12-9-,19-10-,25-20-;;;. The number of piperazine rings is 1. The molecule has 1 aliphatic heterocycles. The highest BCUT2D eigenvalue weighted by molar-refractivity contribution is 6.30. The van der Waals surface area contributed by atoms with Crippen LogP contribution in [0.3, 0.4) is 0 Å². The SMILES string of the molecule is C#CC.CC.CCCc1cccc(Cl)c1.C\C=C/N=C(CC)\C(=C\C)c1c(C)ncnc1N1CCN(C(=O)OC(C)(C)C)CC1C. The summed E-state index contributed by atoms with van der Waals surface area (Å²) in [5.41, 5.74) is 4.80. The number of allylic oxidation sites excluding steroid dienone is 3. The summed E-state index contributed by atoms with van der Waals surface area (Å²) in [6, 6.07) is 8.11. The van der Waals surface area contributed by atoms with E-state index in [0.29, 0.717) is 19.6 Å². The van der Waals surface area contributed by atoms with Crippen LogP contribution in [-0.2, 0) is 11.2 Å². The number of carbonyl (C=O) groups is 1. The summed E-state index contributed by atoms with van der Waals surface area (Å²) < 4.78 is 5.56. The molecule has 0 bridgehead atoms. The maximum atomic E-state index is 12.5. The number of benzene rings is 1. The Labute approximate surface area is 285 Å². The molecule has 0 spiro atoms. The van der Waals surface area contributed by atoms with E-state index in [1.54, 1.807) is 18.2 Å². The van der Waals surface area contributed by atoms with Gasteiger partial charge in [0.15, 0.2) is 0 Å². The summed E-state index contributed by atoms with van der Waals surface area (Å²) in [6.45, 7) is 25.5. The van der Waals surface area contributed by atoms with E-state index in [0.717, 1.165) is 46.2 Å². The lowest BCUT2D eigenvalue weighted by atomic mass is 9.97. The van der Waals surface area contributed by atoms with E-state index in [4.69, 9.17) is 16.3 Å². The molecule has 1 saturated heterocycles. The quantitative estimate of drug-likeness (QED) is 0.220. The van der Waals surface area contributed by atoms with Crippen molar-refractivity contribution in [2.45, 2.75) is 114 Å². The van der Waals surface area contributed by atoms with Gasteiger partial charge in [-0.2, -0.15) is 0 Å². The molecular weight excluding hydrogens is 594 g/mol. The molecule has 3 rings (SSSR count). The molecule has 0 aliphatic carbocycles. The number of halogens is 1. The number of rotatable bonds is 7. The van der Waals surface area contributed by atoms with Gasteiger partial charge >= 0.3 is 6.09 Å². The third-order valence-electron chi connectivity index (χ3n) is 6.58. The predicted octanol–water partition coefficient (Wildman–Crippen LogP) is 9.98. The first-order chi connectivity index (χ1) is 21.9. The number of nitrogens with zero attached hydrogens (tertiary/aromatic N) is 5. The summed E-state index contributed by atoms with van der Waals surface area (Å²) in [6.07, 6.45) is 14.9. The second kappa shape index (κ2) is 22.8. The number of aliphatic imine (C=N–C) groups is 1. The van der Waals surface area contributed by atoms with Crippen LogP contribution in [0.5, 0.6) is 0 Å². The fourth-order valence-corrected chi connectivity index (χ4v) is 4.92. The average Bonchev–Trinajstić information content (AvgIpc) is 3.01. The van der Waals surface area contributed by atoms with Crippen LogP contribution in [0.4, 0.5) is 10.6 Å². The number of ether oxygens (including phenoxy) is 1. The van der Waals surface area contributed by atoms with E-state index in [-0.39, 0.29) is 12.1 Å². The summed E-state index contributed by atoms with van der Waals surface area (Å²) in [5, 5.41) is 0.839. The van der Waals surface area contributed by atoms with Crippen LogP contribution in [0.25, 0.3) is 5.57 Å². The molecule has 0 saturated carbocycles. The van der Waals surface area contributed by atoms with Crippen LogP contribution in [0.2, 0.25) is 5.02 Å². The molecule has 1 unspecified atom stereocenters. The number of terminal acetylenes is 1. The van der Waals surface area contributed by atoms with Gasteiger partial charge in [0.05, 0.1) is 5.69 Å². The molecule has 7 nitrogen and oxygen atoms in total.